The Kier molecular flexibility index (Phi) is 3.99. The molecule has 0 fully saturated rings. The van der Waals surface area contributed by atoms with Crippen LogP contribution >= 0.6 is 0 Å². The minimum absolute atomic E-state index is 0.346. The number of nitrogens with zero attached hydrogens (tertiary/aromatic N) is 1. The molecule has 0 saturated heterocycles. The molecule has 0 aliphatic carbocycles. The van der Waals surface area contributed by atoms with Crippen molar-refractivity contribution in [3.05, 3.63) is 10.1 Å². The van der Waals surface area contributed by atoms with E-state index in [-0.39, 0.29) is 19.8 Å². The first-order valence-electron chi connectivity index (χ1n) is 3.44. The molecular formula is C6H13NO4. The van der Waals surface area contributed by atoms with Crippen LogP contribution in [0.3, 0.4) is 0 Å². The number of hydrogen-bond acceptors (Lipinski definition) is 4. The summed E-state index contributed by atoms with van der Waals surface area (Å²) in [6.07, 6.45) is 0.404. The summed E-state index contributed by atoms with van der Waals surface area (Å²) in [7, 11) is 0. The molecule has 0 atom stereocenters. The summed E-state index contributed by atoms with van der Waals surface area (Å²) in [5, 5.41) is 27.6. The minimum atomic E-state index is -0.941. The number of rotatable bonds is 5. The van der Waals surface area contributed by atoms with Crippen molar-refractivity contribution in [2.24, 2.45) is 5.41 Å². The third kappa shape index (κ3) is 2.81. The van der Waals surface area contributed by atoms with Crippen LogP contribution in [0.4, 0.5) is 0 Å². The lowest BCUT2D eigenvalue weighted by Crippen LogP contribution is -2.36. The molecular weight excluding hydrogens is 150 g/mol. The van der Waals surface area contributed by atoms with Crippen molar-refractivity contribution in [3.8, 4) is 0 Å². The molecule has 66 valence electrons. The fourth-order valence-corrected chi connectivity index (χ4v) is 0.759. The Labute approximate surface area is 64.8 Å². The van der Waals surface area contributed by atoms with E-state index in [2.05, 4.69) is 0 Å². The van der Waals surface area contributed by atoms with E-state index in [1.54, 1.807) is 6.92 Å². The lowest BCUT2D eigenvalue weighted by Gasteiger charge is -2.22. The van der Waals surface area contributed by atoms with Crippen LogP contribution in [-0.4, -0.2) is 34.9 Å². The van der Waals surface area contributed by atoms with Gasteiger partial charge in [0.2, 0.25) is 6.54 Å². The number of nitro groups is 1. The molecule has 11 heavy (non-hydrogen) atoms. The summed E-state index contributed by atoms with van der Waals surface area (Å²) in [4.78, 5) is 9.56. The van der Waals surface area contributed by atoms with Crippen LogP contribution in [-0.2, 0) is 0 Å². The normalized spacial score (nSPS) is 11.5. The van der Waals surface area contributed by atoms with Gasteiger partial charge in [-0.15, -0.1) is 0 Å². The zero-order chi connectivity index (χ0) is 8.91. The molecule has 2 N–H and O–H groups in total. The zero-order valence-corrected chi connectivity index (χ0v) is 6.49. The third-order valence-corrected chi connectivity index (χ3v) is 1.89. The number of aliphatic hydroxyl groups excluding tert-OH is 2. The Bertz CT molecular complexity index is 124. The molecule has 0 saturated carbocycles. The second kappa shape index (κ2) is 4.25. The zero-order valence-electron chi connectivity index (χ0n) is 6.49. The number of aliphatic hydroxyl groups is 2. The van der Waals surface area contributed by atoms with Gasteiger partial charge in [0, 0.05) is 4.92 Å². The van der Waals surface area contributed by atoms with Gasteiger partial charge < -0.3 is 10.2 Å². The first kappa shape index (κ1) is 10.3. The molecule has 0 amide bonds. The maximum absolute atomic E-state index is 10.1. The van der Waals surface area contributed by atoms with Crippen LogP contribution < -0.4 is 0 Å². The Hall–Kier alpha value is -0.680. The largest absolute Gasteiger partial charge is 0.395 e. The summed E-state index contributed by atoms with van der Waals surface area (Å²) in [5.41, 5.74) is -0.941. The van der Waals surface area contributed by atoms with Gasteiger partial charge in [0.25, 0.3) is 0 Å². The van der Waals surface area contributed by atoms with E-state index in [1.165, 1.54) is 0 Å². The molecule has 5 heteroatoms. The van der Waals surface area contributed by atoms with Crippen molar-refractivity contribution in [1.29, 1.82) is 0 Å². The van der Waals surface area contributed by atoms with E-state index in [4.69, 9.17) is 10.2 Å². The quantitative estimate of drug-likeness (QED) is 0.428. The van der Waals surface area contributed by atoms with Crippen LogP contribution in [0.1, 0.15) is 13.3 Å². The molecule has 0 radical (unpaired) electrons. The maximum Gasteiger partial charge on any atom is 0.213 e. The van der Waals surface area contributed by atoms with Gasteiger partial charge >= 0.3 is 0 Å². The Balaban J connectivity index is 4.16. The standard InChI is InChI=1S/C6H13NO4/c1-2-6(4-8,5-9)3-7(10)11/h8-9H,2-5H2,1H3. The first-order chi connectivity index (χ1) is 5.10. The van der Waals surface area contributed by atoms with E-state index >= 15 is 0 Å². The van der Waals surface area contributed by atoms with Gasteiger partial charge in [-0.05, 0) is 6.42 Å². The Morgan fingerprint density at radius 1 is 1.45 bits per heavy atom. The van der Waals surface area contributed by atoms with Gasteiger partial charge in [-0.25, -0.2) is 0 Å². The van der Waals surface area contributed by atoms with Crippen LogP contribution in [0.15, 0.2) is 0 Å². The molecule has 0 spiro atoms. The van der Waals surface area contributed by atoms with Gasteiger partial charge in [0.05, 0.1) is 18.6 Å². The predicted octanol–water partition coefficient (Wildman–Crippen LogP) is -0.356. The molecule has 0 heterocycles. The fraction of sp³-hybridized carbons (Fsp3) is 1.00. The highest BCUT2D eigenvalue weighted by Crippen LogP contribution is 2.19. The average Bonchev–Trinajstić information content (AvgIpc) is 2.00. The summed E-state index contributed by atoms with van der Waals surface area (Å²) in [6, 6.07) is 0. The molecule has 0 bridgehead atoms. The van der Waals surface area contributed by atoms with Gasteiger partial charge in [0.1, 0.15) is 0 Å². The highest BCUT2D eigenvalue weighted by atomic mass is 16.6. The molecule has 0 aliphatic heterocycles. The van der Waals surface area contributed by atoms with Gasteiger partial charge in [0.15, 0.2) is 0 Å². The van der Waals surface area contributed by atoms with E-state index in [1.807, 2.05) is 0 Å². The first-order valence-corrected chi connectivity index (χ1v) is 3.44. The molecule has 0 aromatic heterocycles. The van der Waals surface area contributed by atoms with Crippen molar-refractivity contribution in [2.45, 2.75) is 13.3 Å². The number of hydrogen-bond donors (Lipinski definition) is 2. The minimum Gasteiger partial charge on any atom is -0.395 e. The SMILES string of the molecule is CCC(CO)(CO)C[N+](=O)[O-]. The van der Waals surface area contributed by atoms with E-state index < -0.39 is 10.3 Å². The smallest absolute Gasteiger partial charge is 0.213 e. The van der Waals surface area contributed by atoms with Crippen LogP contribution in [0.25, 0.3) is 0 Å². The highest BCUT2D eigenvalue weighted by Gasteiger charge is 2.32. The molecule has 0 aliphatic rings. The second-order valence-corrected chi connectivity index (χ2v) is 2.66. The third-order valence-electron chi connectivity index (χ3n) is 1.89. The van der Waals surface area contributed by atoms with Crippen LogP contribution in [0, 0.1) is 15.5 Å². The van der Waals surface area contributed by atoms with Crippen molar-refractivity contribution in [2.75, 3.05) is 19.8 Å². The van der Waals surface area contributed by atoms with Gasteiger partial charge in [-0.3, -0.25) is 10.1 Å². The van der Waals surface area contributed by atoms with Crippen molar-refractivity contribution < 1.29 is 15.1 Å². The maximum atomic E-state index is 10.1. The van der Waals surface area contributed by atoms with E-state index in [0.29, 0.717) is 6.42 Å². The van der Waals surface area contributed by atoms with Crippen molar-refractivity contribution in [1.82, 2.24) is 0 Å². The van der Waals surface area contributed by atoms with Crippen molar-refractivity contribution in [3.63, 3.8) is 0 Å². The average molecular weight is 163 g/mol. The second-order valence-electron chi connectivity index (χ2n) is 2.66. The lowest BCUT2D eigenvalue weighted by molar-refractivity contribution is -0.500. The topological polar surface area (TPSA) is 83.6 Å². The Morgan fingerprint density at radius 2 is 1.91 bits per heavy atom. The van der Waals surface area contributed by atoms with Crippen LogP contribution in [0.5, 0.6) is 0 Å². The molecule has 0 rings (SSSR count). The molecule has 5 nitrogen and oxygen atoms in total. The molecule has 0 aromatic rings. The van der Waals surface area contributed by atoms with Gasteiger partial charge in [-0.1, -0.05) is 6.92 Å². The summed E-state index contributed by atoms with van der Waals surface area (Å²) < 4.78 is 0. The molecule has 0 unspecified atom stereocenters. The predicted molar refractivity (Wildman–Crippen MR) is 38.8 cm³/mol. The Morgan fingerprint density at radius 3 is 2.00 bits per heavy atom. The molecule has 0 aromatic carbocycles. The summed E-state index contributed by atoms with van der Waals surface area (Å²) in [5.74, 6) is 0. The monoisotopic (exact) mass is 163 g/mol. The van der Waals surface area contributed by atoms with Gasteiger partial charge in [-0.2, -0.15) is 0 Å². The summed E-state index contributed by atoms with van der Waals surface area (Å²) >= 11 is 0. The summed E-state index contributed by atoms with van der Waals surface area (Å²) in [6.45, 7) is 0.633. The van der Waals surface area contributed by atoms with E-state index in [9.17, 15) is 10.1 Å². The van der Waals surface area contributed by atoms with E-state index in [0.717, 1.165) is 0 Å². The fourth-order valence-electron chi connectivity index (χ4n) is 0.759. The van der Waals surface area contributed by atoms with Crippen LogP contribution in [0.2, 0.25) is 0 Å². The van der Waals surface area contributed by atoms with Crippen molar-refractivity contribution >= 4 is 0 Å². The highest BCUT2D eigenvalue weighted by molar-refractivity contribution is 4.74. The lowest BCUT2D eigenvalue weighted by atomic mass is 9.87.